The quantitative estimate of drug-likeness (QED) is 0.756. The first-order chi connectivity index (χ1) is 10.2. The maximum absolute atomic E-state index is 12.2. The predicted molar refractivity (Wildman–Crippen MR) is 79.6 cm³/mol. The van der Waals surface area contributed by atoms with E-state index in [2.05, 4.69) is 10.6 Å². The molecule has 0 bridgehead atoms. The van der Waals surface area contributed by atoms with Crippen molar-refractivity contribution in [2.45, 2.75) is 13.1 Å². The van der Waals surface area contributed by atoms with Gasteiger partial charge in [0.1, 0.15) is 11.5 Å². The molecule has 0 aliphatic carbocycles. The number of anilines is 1. The third kappa shape index (κ3) is 2.68. The Hall–Kier alpha value is -2.53. The molecule has 3 N–H and O–H groups in total. The Morgan fingerprint density at radius 3 is 2.76 bits per heavy atom. The molecular weight excluding hydrogens is 268 g/mol. The lowest BCUT2D eigenvalue weighted by Crippen LogP contribution is -2.12. The van der Waals surface area contributed by atoms with E-state index in [9.17, 15) is 9.90 Å². The van der Waals surface area contributed by atoms with Crippen molar-refractivity contribution in [1.29, 1.82) is 0 Å². The van der Waals surface area contributed by atoms with Crippen molar-refractivity contribution in [3.8, 4) is 11.5 Å². The molecule has 1 aliphatic rings. The number of fused-ring (bicyclic) bond motifs is 1. The van der Waals surface area contributed by atoms with E-state index in [4.69, 9.17) is 4.74 Å². The summed E-state index contributed by atoms with van der Waals surface area (Å²) in [6, 6.07) is 10.4. The highest BCUT2D eigenvalue weighted by atomic mass is 16.5. The Morgan fingerprint density at radius 1 is 1.19 bits per heavy atom. The van der Waals surface area contributed by atoms with Crippen LogP contribution in [0.4, 0.5) is 5.69 Å². The number of benzene rings is 2. The van der Waals surface area contributed by atoms with Crippen LogP contribution in [0.3, 0.4) is 0 Å². The lowest BCUT2D eigenvalue weighted by Gasteiger charge is -2.09. The van der Waals surface area contributed by atoms with Gasteiger partial charge in [-0.15, -0.1) is 0 Å². The zero-order chi connectivity index (χ0) is 14.8. The summed E-state index contributed by atoms with van der Waals surface area (Å²) in [5.74, 6) is 0.268. The molecule has 0 aromatic heterocycles. The maximum atomic E-state index is 12.2. The number of hydrogen-bond acceptors (Lipinski definition) is 4. The Kier molecular flexibility index (Phi) is 3.50. The molecule has 0 saturated carbocycles. The van der Waals surface area contributed by atoms with Gasteiger partial charge in [-0.3, -0.25) is 4.79 Å². The third-order valence-corrected chi connectivity index (χ3v) is 3.55. The number of hydrogen-bond donors (Lipinski definition) is 3. The van der Waals surface area contributed by atoms with Crippen LogP contribution >= 0.6 is 0 Å². The number of nitrogens with one attached hydrogen (secondary N) is 2. The summed E-state index contributed by atoms with van der Waals surface area (Å²) >= 11 is 0. The number of aromatic hydroxyl groups is 1. The summed E-state index contributed by atoms with van der Waals surface area (Å²) < 4.78 is 5.01. The van der Waals surface area contributed by atoms with Crippen molar-refractivity contribution in [1.82, 2.24) is 5.32 Å². The van der Waals surface area contributed by atoms with Crippen LogP contribution in [0.2, 0.25) is 0 Å². The zero-order valence-corrected chi connectivity index (χ0v) is 11.6. The summed E-state index contributed by atoms with van der Waals surface area (Å²) in [7, 11) is 1.52. The first kappa shape index (κ1) is 13.5. The Morgan fingerprint density at radius 2 is 2.00 bits per heavy atom. The average Bonchev–Trinajstić information content (AvgIpc) is 2.96. The van der Waals surface area contributed by atoms with Crippen LogP contribution in [0, 0.1) is 0 Å². The number of phenols is 1. The highest BCUT2D eigenvalue weighted by molar-refractivity contribution is 6.05. The van der Waals surface area contributed by atoms with Crippen LogP contribution in [0.25, 0.3) is 0 Å². The molecule has 1 aliphatic heterocycles. The van der Waals surface area contributed by atoms with E-state index in [0.29, 0.717) is 17.0 Å². The molecule has 0 fully saturated rings. The van der Waals surface area contributed by atoms with Gasteiger partial charge in [0.05, 0.1) is 12.8 Å². The number of ether oxygens (including phenoxy) is 1. The number of rotatable bonds is 3. The van der Waals surface area contributed by atoms with Crippen molar-refractivity contribution in [2.24, 2.45) is 0 Å². The number of carbonyl (C=O) groups is 1. The van der Waals surface area contributed by atoms with Crippen molar-refractivity contribution < 1.29 is 14.6 Å². The van der Waals surface area contributed by atoms with Crippen molar-refractivity contribution >= 4 is 11.6 Å². The molecule has 5 nitrogen and oxygen atoms in total. The third-order valence-electron chi connectivity index (χ3n) is 3.55. The number of carbonyl (C=O) groups excluding carboxylic acids is 1. The van der Waals surface area contributed by atoms with E-state index in [-0.39, 0.29) is 11.7 Å². The molecule has 0 saturated heterocycles. The fourth-order valence-electron chi connectivity index (χ4n) is 2.37. The molecule has 2 aromatic carbocycles. The zero-order valence-electron chi connectivity index (χ0n) is 11.6. The van der Waals surface area contributed by atoms with Gasteiger partial charge in [-0.25, -0.2) is 0 Å². The van der Waals surface area contributed by atoms with Gasteiger partial charge in [-0.2, -0.15) is 0 Å². The van der Waals surface area contributed by atoms with E-state index >= 15 is 0 Å². The lowest BCUT2D eigenvalue weighted by molar-refractivity contribution is 0.102. The smallest absolute Gasteiger partial charge is 0.255 e. The topological polar surface area (TPSA) is 70.6 Å². The lowest BCUT2D eigenvalue weighted by atomic mass is 10.1. The number of methoxy groups -OCH3 is 1. The predicted octanol–water partition coefficient (Wildman–Crippen LogP) is 2.26. The van der Waals surface area contributed by atoms with Crippen LogP contribution < -0.4 is 15.4 Å². The number of phenolic OH excluding ortho intramolecular Hbond substituents is 1. The van der Waals surface area contributed by atoms with Crippen molar-refractivity contribution in [2.75, 3.05) is 12.4 Å². The van der Waals surface area contributed by atoms with E-state index in [0.717, 1.165) is 18.7 Å². The van der Waals surface area contributed by atoms with E-state index in [1.54, 1.807) is 18.2 Å². The van der Waals surface area contributed by atoms with Gasteiger partial charge in [0.2, 0.25) is 0 Å². The van der Waals surface area contributed by atoms with E-state index in [1.165, 1.54) is 18.7 Å². The Labute approximate surface area is 122 Å². The molecule has 21 heavy (non-hydrogen) atoms. The minimum Gasteiger partial charge on any atom is -0.506 e. The van der Waals surface area contributed by atoms with Gasteiger partial charge < -0.3 is 20.5 Å². The molecule has 108 valence electrons. The van der Waals surface area contributed by atoms with Gasteiger partial charge in [0.15, 0.2) is 0 Å². The van der Waals surface area contributed by atoms with Crippen LogP contribution in [0.15, 0.2) is 36.4 Å². The van der Waals surface area contributed by atoms with Crippen LogP contribution in [0.1, 0.15) is 21.5 Å². The highest BCUT2D eigenvalue weighted by Crippen LogP contribution is 2.28. The SMILES string of the molecule is COc1ccc(NC(=O)c2ccc3c(c2)CNC3)c(O)c1. The van der Waals surface area contributed by atoms with Crippen molar-refractivity contribution in [3.05, 3.63) is 53.1 Å². The van der Waals surface area contributed by atoms with Gasteiger partial charge in [0, 0.05) is 24.7 Å². The number of amides is 1. The van der Waals surface area contributed by atoms with Crippen LogP contribution in [0.5, 0.6) is 11.5 Å². The molecule has 0 spiro atoms. The van der Waals surface area contributed by atoms with Gasteiger partial charge >= 0.3 is 0 Å². The minimum atomic E-state index is -0.245. The summed E-state index contributed by atoms with van der Waals surface area (Å²) in [5, 5.41) is 15.8. The molecule has 3 rings (SSSR count). The second-order valence-corrected chi connectivity index (χ2v) is 4.92. The largest absolute Gasteiger partial charge is 0.506 e. The fraction of sp³-hybridized carbons (Fsp3) is 0.188. The standard InChI is InChI=1S/C16H16N2O3/c1-21-13-4-5-14(15(19)7-13)18-16(20)10-2-3-11-8-17-9-12(11)6-10/h2-7,17,19H,8-9H2,1H3,(H,18,20). The molecule has 0 atom stereocenters. The average molecular weight is 284 g/mol. The molecule has 2 aromatic rings. The molecule has 0 unspecified atom stereocenters. The Bertz CT molecular complexity index is 698. The van der Waals surface area contributed by atoms with E-state index in [1.807, 2.05) is 12.1 Å². The Balaban J connectivity index is 1.80. The molecule has 1 amide bonds. The first-order valence-electron chi connectivity index (χ1n) is 6.68. The summed E-state index contributed by atoms with van der Waals surface area (Å²) in [5.41, 5.74) is 3.30. The van der Waals surface area contributed by atoms with Crippen molar-refractivity contribution in [3.63, 3.8) is 0 Å². The molecule has 0 radical (unpaired) electrons. The highest BCUT2D eigenvalue weighted by Gasteiger charge is 2.14. The fourth-order valence-corrected chi connectivity index (χ4v) is 2.37. The van der Waals surface area contributed by atoms with Gasteiger partial charge in [0.25, 0.3) is 5.91 Å². The van der Waals surface area contributed by atoms with Gasteiger partial charge in [-0.05, 0) is 35.4 Å². The molecular formula is C16H16N2O3. The minimum absolute atomic E-state index is 0.0227. The normalized spacial score (nSPS) is 12.8. The second kappa shape index (κ2) is 5.46. The van der Waals surface area contributed by atoms with Crippen LogP contribution in [-0.4, -0.2) is 18.1 Å². The monoisotopic (exact) mass is 284 g/mol. The van der Waals surface area contributed by atoms with Crippen LogP contribution in [-0.2, 0) is 13.1 Å². The van der Waals surface area contributed by atoms with E-state index < -0.39 is 0 Å². The maximum Gasteiger partial charge on any atom is 0.255 e. The first-order valence-corrected chi connectivity index (χ1v) is 6.68. The summed E-state index contributed by atoms with van der Waals surface area (Å²) in [6.45, 7) is 1.63. The van der Waals surface area contributed by atoms with Gasteiger partial charge in [-0.1, -0.05) is 6.07 Å². The molecule has 1 heterocycles. The molecule has 5 heteroatoms. The second-order valence-electron chi connectivity index (χ2n) is 4.92. The summed E-state index contributed by atoms with van der Waals surface area (Å²) in [4.78, 5) is 12.2. The summed E-state index contributed by atoms with van der Waals surface area (Å²) in [6.07, 6.45) is 0.